The summed E-state index contributed by atoms with van der Waals surface area (Å²) < 4.78 is 0. The monoisotopic (exact) mass is 206 g/mol. The van der Waals surface area contributed by atoms with E-state index in [-0.39, 0.29) is 0 Å². The van der Waals surface area contributed by atoms with Crippen LogP contribution in [0, 0.1) is 5.92 Å². The van der Waals surface area contributed by atoms with Crippen molar-refractivity contribution in [3.63, 3.8) is 0 Å². The van der Waals surface area contributed by atoms with E-state index in [4.69, 9.17) is 0 Å². The first-order chi connectivity index (χ1) is 7.36. The number of carbonyl (C=O) groups is 1. The summed E-state index contributed by atoms with van der Waals surface area (Å²) in [4.78, 5) is 10.9. The average Bonchev–Trinajstić information content (AvgIpc) is 2.29. The van der Waals surface area contributed by atoms with E-state index in [1.165, 1.54) is 25.7 Å². The van der Waals surface area contributed by atoms with Gasteiger partial charge in [0.05, 0.1) is 0 Å². The average molecular weight is 206 g/mol. The van der Waals surface area contributed by atoms with Gasteiger partial charge in [0.2, 0.25) is 0 Å². The highest BCUT2D eigenvalue weighted by Crippen LogP contribution is 2.21. The van der Waals surface area contributed by atoms with Gasteiger partial charge in [-0.25, -0.2) is 0 Å². The lowest BCUT2D eigenvalue weighted by Crippen LogP contribution is -2.01. The first-order valence-corrected chi connectivity index (χ1v) is 6.17. The molecule has 0 fully saturated rings. The molecule has 0 aromatic heterocycles. The van der Waals surface area contributed by atoms with E-state index in [0.717, 1.165) is 31.1 Å². The van der Waals surface area contributed by atoms with Gasteiger partial charge in [0, 0.05) is 0 Å². The zero-order chi connectivity index (χ0) is 10.9. The van der Waals surface area contributed by atoms with E-state index in [9.17, 15) is 4.79 Å². The van der Waals surface area contributed by atoms with Crippen molar-refractivity contribution in [2.24, 2.45) is 5.92 Å². The summed E-state index contributed by atoms with van der Waals surface area (Å²) in [6.07, 6.45) is 15.8. The minimum Gasteiger partial charge on any atom is -0.298 e. The SMILES string of the molecule is CCCCC/C(C=O)=C/C1CC=CCC1. The second-order valence-corrected chi connectivity index (χ2v) is 4.36. The van der Waals surface area contributed by atoms with Crippen molar-refractivity contribution in [3.8, 4) is 0 Å². The van der Waals surface area contributed by atoms with Gasteiger partial charge in [-0.3, -0.25) is 4.79 Å². The van der Waals surface area contributed by atoms with E-state index in [1.807, 2.05) is 0 Å². The lowest BCUT2D eigenvalue weighted by atomic mass is 9.91. The fourth-order valence-electron chi connectivity index (χ4n) is 2.03. The Morgan fingerprint density at radius 1 is 1.40 bits per heavy atom. The Hall–Kier alpha value is -0.850. The molecule has 0 saturated carbocycles. The van der Waals surface area contributed by atoms with Crippen LogP contribution in [0.3, 0.4) is 0 Å². The molecule has 0 heterocycles. The van der Waals surface area contributed by atoms with Crippen LogP contribution in [0.25, 0.3) is 0 Å². The van der Waals surface area contributed by atoms with E-state index < -0.39 is 0 Å². The van der Waals surface area contributed by atoms with Gasteiger partial charge in [0.15, 0.2) is 0 Å². The number of carbonyl (C=O) groups excluding carboxylic acids is 1. The fourth-order valence-corrected chi connectivity index (χ4v) is 2.03. The predicted octanol–water partition coefficient (Wildman–Crippen LogP) is 4.05. The van der Waals surface area contributed by atoms with Crippen LogP contribution in [0.1, 0.15) is 51.9 Å². The zero-order valence-corrected chi connectivity index (χ0v) is 9.74. The topological polar surface area (TPSA) is 17.1 Å². The highest BCUT2D eigenvalue weighted by molar-refractivity contribution is 5.73. The summed E-state index contributed by atoms with van der Waals surface area (Å²) in [7, 11) is 0. The molecule has 0 radical (unpaired) electrons. The first kappa shape index (κ1) is 12.2. The van der Waals surface area contributed by atoms with Crippen molar-refractivity contribution in [1.29, 1.82) is 0 Å². The summed E-state index contributed by atoms with van der Waals surface area (Å²) in [5.41, 5.74) is 1.02. The van der Waals surface area contributed by atoms with Gasteiger partial charge >= 0.3 is 0 Å². The second kappa shape index (κ2) is 7.44. The van der Waals surface area contributed by atoms with Gasteiger partial charge < -0.3 is 0 Å². The molecule has 1 heteroatoms. The number of aldehydes is 1. The molecule has 0 aromatic rings. The molecular formula is C14H22O. The largest absolute Gasteiger partial charge is 0.298 e. The molecule has 1 rings (SSSR count). The molecule has 1 aliphatic carbocycles. The van der Waals surface area contributed by atoms with Crippen molar-refractivity contribution in [3.05, 3.63) is 23.8 Å². The van der Waals surface area contributed by atoms with Crippen molar-refractivity contribution < 1.29 is 4.79 Å². The Morgan fingerprint density at radius 3 is 2.87 bits per heavy atom. The molecule has 0 N–H and O–H groups in total. The van der Waals surface area contributed by atoms with Crippen molar-refractivity contribution in [1.82, 2.24) is 0 Å². The fraction of sp³-hybridized carbons (Fsp3) is 0.643. The Morgan fingerprint density at radius 2 is 2.27 bits per heavy atom. The summed E-state index contributed by atoms with van der Waals surface area (Å²) >= 11 is 0. The lowest BCUT2D eigenvalue weighted by molar-refractivity contribution is -0.105. The number of hydrogen-bond acceptors (Lipinski definition) is 1. The third kappa shape index (κ3) is 4.96. The Labute approximate surface area is 93.3 Å². The van der Waals surface area contributed by atoms with Crippen LogP contribution < -0.4 is 0 Å². The van der Waals surface area contributed by atoms with E-state index in [0.29, 0.717) is 5.92 Å². The standard InChI is InChI=1S/C14H22O/c1-2-3-5-10-14(12-15)11-13-8-6-4-7-9-13/h4,6,11-13H,2-3,5,7-10H2,1H3/b14-11-. The zero-order valence-electron chi connectivity index (χ0n) is 9.74. The van der Waals surface area contributed by atoms with Crippen LogP contribution in [0.2, 0.25) is 0 Å². The van der Waals surface area contributed by atoms with Gasteiger partial charge in [-0.2, -0.15) is 0 Å². The molecule has 0 bridgehead atoms. The molecule has 0 spiro atoms. The molecule has 0 amide bonds. The van der Waals surface area contributed by atoms with E-state index in [1.54, 1.807) is 0 Å². The van der Waals surface area contributed by atoms with Gasteiger partial charge in [-0.05, 0) is 43.6 Å². The molecule has 1 aliphatic rings. The summed E-state index contributed by atoms with van der Waals surface area (Å²) in [6, 6.07) is 0. The molecule has 0 aromatic carbocycles. The predicted molar refractivity (Wildman–Crippen MR) is 64.8 cm³/mol. The minimum atomic E-state index is 0.608. The molecular weight excluding hydrogens is 184 g/mol. The van der Waals surface area contributed by atoms with Crippen molar-refractivity contribution in [2.75, 3.05) is 0 Å². The van der Waals surface area contributed by atoms with Gasteiger partial charge in [0.1, 0.15) is 6.29 Å². The van der Waals surface area contributed by atoms with Crippen LogP contribution in [0.5, 0.6) is 0 Å². The summed E-state index contributed by atoms with van der Waals surface area (Å²) in [5.74, 6) is 0.608. The molecule has 1 atom stereocenters. The normalized spacial score (nSPS) is 21.7. The summed E-state index contributed by atoms with van der Waals surface area (Å²) in [6.45, 7) is 2.19. The molecule has 0 aliphatic heterocycles. The highest BCUT2D eigenvalue weighted by atomic mass is 16.1. The molecule has 0 saturated heterocycles. The van der Waals surface area contributed by atoms with Crippen LogP contribution in [0.4, 0.5) is 0 Å². The number of rotatable bonds is 6. The Balaban J connectivity index is 2.38. The maximum Gasteiger partial charge on any atom is 0.145 e. The van der Waals surface area contributed by atoms with Crippen molar-refractivity contribution >= 4 is 6.29 Å². The van der Waals surface area contributed by atoms with Gasteiger partial charge in [-0.1, -0.05) is 38.0 Å². The van der Waals surface area contributed by atoms with Gasteiger partial charge in [0.25, 0.3) is 0 Å². The van der Waals surface area contributed by atoms with E-state index in [2.05, 4.69) is 25.2 Å². The number of unbranched alkanes of at least 4 members (excludes halogenated alkanes) is 2. The van der Waals surface area contributed by atoms with Gasteiger partial charge in [-0.15, -0.1) is 0 Å². The molecule has 1 unspecified atom stereocenters. The second-order valence-electron chi connectivity index (χ2n) is 4.36. The summed E-state index contributed by atoms with van der Waals surface area (Å²) in [5, 5.41) is 0. The molecule has 84 valence electrons. The molecule has 15 heavy (non-hydrogen) atoms. The quantitative estimate of drug-likeness (QED) is 0.277. The highest BCUT2D eigenvalue weighted by Gasteiger charge is 2.07. The van der Waals surface area contributed by atoms with Crippen molar-refractivity contribution in [2.45, 2.75) is 51.9 Å². The molecule has 1 nitrogen and oxygen atoms in total. The Bertz CT molecular complexity index is 238. The maximum atomic E-state index is 10.9. The third-order valence-electron chi connectivity index (χ3n) is 2.98. The number of hydrogen-bond donors (Lipinski definition) is 0. The lowest BCUT2D eigenvalue weighted by Gasteiger charge is -2.14. The Kier molecular flexibility index (Phi) is 6.06. The van der Waals surface area contributed by atoms with Crippen LogP contribution in [0.15, 0.2) is 23.8 Å². The van der Waals surface area contributed by atoms with Crippen LogP contribution in [-0.2, 0) is 4.79 Å². The minimum absolute atomic E-state index is 0.608. The van der Waals surface area contributed by atoms with Crippen LogP contribution in [-0.4, -0.2) is 6.29 Å². The third-order valence-corrected chi connectivity index (χ3v) is 2.98. The maximum absolute atomic E-state index is 10.9. The number of allylic oxidation sites excluding steroid dienone is 4. The van der Waals surface area contributed by atoms with E-state index >= 15 is 0 Å². The van der Waals surface area contributed by atoms with Crippen LogP contribution >= 0.6 is 0 Å². The smallest absolute Gasteiger partial charge is 0.145 e. The first-order valence-electron chi connectivity index (χ1n) is 6.17.